The molecule has 0 aliphatic heterocycles. The molecular formula is C11H13NO5. The summed E-state index contributed by atoms with van der Waals surface area (Å²) >= 11 is 0. The second-order valence-corrected chi connectivity index (χ2v) is 3.06. The molecule has 6 nitrogen and oxygen atoms in total. The number of aliphatic hydroxyl groups excluding tert-OH is 1. The number of carbonyl (C=O) groups excluding carboxylic acids is 2. The largest absolute Gasteiger partial charge is 0.452 e. The number of amides is 2. The lowest BCUT2D eigenvalue weighted by molar-refractivity contribution is 0.159. The van der Waals surface area contributed by atoms with Crippen LogP contribution >= 0.6 is 0 Å². The summed E-state index contributed by atoms with van der Waals surface area (Å²) in [6.45, 7) is -0.305. The van der Waals surface area contributed by atoms with Crippen LogP contribution in [0, 0.1) is 0 Å². The minimum absolute atomic E-state index is 0.230. The van der Waals surface area contributed by atoms with Crippen LogP contribution in [0.3, 0.4) is 0 Å². The van der Waals surface area contributed by atoms with Crippen molar-refractivity contribution in [2.75, 3.05) is 19.1 Å². The first-order chi connectivity index (χ1) is 8.15. The minimum Gasteiger partial charge on any atom is -0.452 e. The molecule has 1 aromatic rings. The molecule has 0 spiro atoms. The van der Waals surface area contributed by atoms with E-state index in [1.807, 2.05) is 0 Å². The first-order valence-electron chi connectivity index (χ1n) is 4.80. The number of anilines is 1. The molecule has 1 N–H and O–H groups in total. The van der Waals surface area contributed by atoms with E-state index in [9.17, 15) is 9.59 Å². The highest BCUT2D eigenvalue weighted by Crippen LogP contribution is 2.21. The van der Waals surface area contributed by atoms with Crippen LogP contribution in [-0.4, -0.2) is 31.5 Å². The van der Waals surface area contributed by atoms with E-state index in [-0.39, 0.29) is 12.3 Å². The van der Waals surface area contributed by atoms with Crippen LogP contribution in [0.4, 0.5) is 15.3 Å². The monoisotopic (exact) mass is 239 g/mol. The van der Waals surface area contributed by atoms with Gasteiger partial charge in [0.2, 0.25) is 0 Å². The highest BCUT2D eigenvalue weighted by atomic mass is 16.6. The Hall–Kier alpha value is -2.08. The molecule has 2 amide bonds. The van der Waals surface area contributed by atoms with Crippen molar-refractivity contribution in [1.29, 1.82) is 0 Å². The van der Waals surface area contributed by atoms with Gasteiger partial charge in [0.1, 0.15) is 0 Å². The van der Waals surface area contributed by atoms with Gasteiger partial charge in [0, 0.05) is 5.56 Å². The first-order valence-corrected chi connectivity index (χ1v) is 4.80. The van der Waals surface area contributed by atoms with Crippen LogP contribution in [0.2, 0.25) is 0 Å². The van der Waals surface area contributed by atoms with Crippen molar-refractivity contribution in [2.24, 2.45) is 0 Å². The number of rotatable bonds is 2. The average molecular weight is 239 g/mol. The summed E-state index contributed by atoms with van der Waals surface area (Å²) in [5, 5.41) is 9.15. The lowest BCUT2D eigenvalue weighted by Gasteiger charge is -2.19. The van der Waals surface area contributed by atoms with Gasteiger partial charge in [-0.2, -0.15) is 4.90 Å². The standard InChI is InChI=1S/C11H13NO5/c1-16-10(14)12(11(15)17-2)9-6-4-3-5-8(9)7-13/h3-6,13H,7H2,1-2H3. The lowest BCUT2D eigenvalue weighted by atomic mass is 10.2. The van der Waals surface area contributed by atoms with Gasteiger partial charge in [-0.3, -0.25) is 0 Å². The van der Waals surface area contributed by atoms with Crippen molar-refractivity contribution < 1.29 is 24.2 Å². The number of imide groups is 1. The van der Waals surface area contributed by atoms with E-state index in [0.717, 1.165) is 14.2 Å². The number of ether oxygens (including phenoxy) is 2. The summed E-state index contributed by atoms with van der Waals surface area (Å²) in [7, 11) is 2.31. The van der Waals surface area contributed by atoms with Crippen molar-refractivity contribution >= 4 is 17.9 Å². The molecule has 0 aliphatic carbocycles. The van der Waals surface area contributed by atoms with E-state index in [2.05, 4.69) is 9.47 Å². The smallest absolute Gasteiger partial charge is 0.423 e. The molecule has 0 heterocycles. The molecule has 0 saturated carbocycles. The summed E-state index contributed by atoms with van der Waals surface area (Å²) in [6, 6.07) is 6.42. The number of hydrogen-bond donors (Lipinski definition) is 1. The van der Waals surface area contributed by atoms with E-state index in [4.69, 9.17) is 5.11 Å². The third kappa shape index (κ3) is 2.73. The molecule has 1 aromatic carbocycles. The van der Waals surface area contributed by atoms with Crippen LogP contribution < -0.4 is 4.90 Å². The molecule has 0 saturated heterocycles. The Kier molecular flexibility index (Phi) is 4.47. The summed E-state index contributed by atoms with van der Waals surface area (Å²) in [5.74, 6) is 0. The maximum atomic E-state index is 11.5. The van der Waals surface area contributed by atoms with Gasteiger partial charge in [-0.1, -0.05) is 18.2 Å². The minimum atomic E-state index is -0.877. The molecule has 0 aliphatic rings. The van der Waals surface area contributed by atoms with Gasteiger partial charge in [0.05, 0.1) is 26.5 Å². The van der Waals surface area contributed by atoms with Crippen molar-refractivity contribution in [3.05, 3.63) is 29.8 Å². The number of methoxy groups -OCH3 is 2. The van der Waals surface area contributed by atoms with Crippen molar-refractivity contribution in [2.45, 2.75) is 6.61 Å². The summed E-state index contributed by atoms with van der Waals surface area (Å²) in [6.07, 6.45) is -1.75. The fraction of sp³-hybridized carbons (Fsp3) is 0.273. The Morgan fingerprint density at radius 2 is 1.71 bits per heavy atom. The number of nitrogens with zero attached hydrogens (tertiary/aromatic N) is 1. The molecule has 17 heavy (non-hydrogen) atoms. The Morgan fingerprint density at radius 3 is 2.18 bits per heavy atom. The summed E-state index contributed by atoms with van der Waals surface area (Å²) in [5.41, 5.74) is 0.650. The second kappa shape index (κ2) is 5.86. The maximum absolute atomic E-state index is 11.5. The number of benzene rings is 1. The fourth-order valence-corrected chi connectivity index (χ4v) is 1.32. The molecule has 0 bridgehead atoms. The molecule has 0 unspecified atom stereocenters. The van der Waals surface area contributed by atoms with Crippen molar-refractivity contribution in [3.63, 3.8) is 0 Å². The number of carbonyl (C=O) groups is 2. The van der Waals surface area contributed by atoms with E-state index < -0.39 is 12.2 Å². The molecule has 92 valence electrons. The van der Waals surface area contributed by atoms with Gasteiger partial charge in [-0.05, 0) is 6.07 Å². The molecule has 0 atom stereocenters. The zero-order valence-corrected chi connectivity index (χ0v) is 9.54. The van der Waals surface area contributed by atoms with E-state index in [1.165, 1.54) is 6.07 Å². The van der Waals surface area contributed by atoms with E-state index in [1.54, 1.807) is 18.2 Å². The van der Waals surface area contributed by atoms with Gasteiger partial charge in [-0.25, -0.2) is 9.59 Å². The van der Waals surface area contributed by atoms with Crippen LogP contribution in [0.1, 0.15) is 5.56 Å². The summed E-state index contributed by atoms with van der Waals surface area (Å²) in [4.78, 5) is 23.7. The third-order valence-corrected chi connectivity index (χ3v) is 2.12. The van der Waals surface area contributed by atoms with Gasteiger partial charge >= 0.3 is 12.2 Å². The van der Waals surface area contributed by atoms with Gasteiger partial charge in [0.15, 0.2) is 0 Å². The normalized spacial score (nSPS) is 9.59. The third-order valence-electron chi connectivity index (χ3n) is 2.12. The Bertz CT molecular complexity index is 402. The highest BCUT2D eigenvalue weighted by Gasteiger charge is 2.26. The summed E-state index contributed by atoms with van der Waals surface area (Å²) < 4.78 is 8.99. The first kappa shape index (κ1) is 13.0. The molecule has 0 aromatic heterocycles. The molecular weight excluding hydrogens is 226 g/mol. The van der Waals surface area contributed by atoms with Gasteiger partial charge in [-0.15, -0.1) is 0 Å². The lowest BCUT2D eigenvalue weighted by Crippen LogP contribution is -2.37. The molecule has 0 fully saturated rings. The Morgan fingerprint density at radius 1 is 1.18 bits per heavy atom. The quantitative estimate of drug-likeness (QED) is 0.846. The fourth-order valence-electron chi connectivity index (χ4n) is 1.32. The number of hydrogen-bond acceptors (Lipinski definition) is 5. The predicted molar refractivity (Wildman–Crippen MR) is 59.7 cm³/mol. The predicted octanol–water partition coefficient (Wildman–Crippen LogP) is 1.52. The topological polar surface area (TPSA) is 76.1 Å². The van der Waals surface area contributed by atoms with E-state index >= 15 is 0 Å². The SMILES string of the molecule is COC(=O)N(C(=O)OC)c1ccccc1CO. The zero-order valence-electron chi connectivity index (χ0n) is 9.54. The Balaban J connectivity index is 3.21. The highest BCUT2D eigenvalue weighted by molar-refractivity contribution is 6.09. The van der Waals surface area contributed by atoms with Gasteiger partial charge < -0.3 is 14.6 Å². The second-order valence-electron chi connectivity index (χ2n) is 3.06. The Labute approximate surface area is 98.4 Å². The van der Waals surface area contributed by atoms with Crippen LogP contribution in [0.15, 0.2) is 24.3 Å². The van der Waals surface area contributed by atoms with Crippen LogP contribution in [0.25, 0.3) is 0 Å². The maximum Gasteiger partial charge on any atom is 0.423 e. The number of aliphatic hydroxyl groups is 1. The van der Waals surface area contributed by atoms with E-state index in [0.29, 0.717) is 10.5 Å². The van der Waals surface area contributed by atoms with Crippen LogP contribution in [0.5, 0.6) is 0 Å². The van der Waals surface area contributed by atoms with Gasteiger partial charge in [0.25, 0.3) is 0 Å². The average Bonchev–Trinajstić information content (AvgIpc) is 2.39. The molecule has 1 rings (SSSR count). The zero-order chi connectivity index (χ0) is 12.8. The molecule has 6 heteroatoms. The van der Waals surface area contributed by atoms with Crippen molar-refractivity contribution in [1.82, 2.24) is 0 Å². The van der Waals surface area contributed by atoms with Crippen molar-refractivity contribution in [3.8, 4) is 0 Å². The van der Waals surface area contributed by atoms with Crippen LogP contribution in [-0.2, 0) is 16.1 Å². The molecule has 0 radical (unpaired) electrons. The number of para-hydroxylation sites is 1.